The highest BCUT2D eigenvalue weighted by molar-refractivity contribution is 5.97. The molecule has 2 aromatic rings. The van der Waals surface area contributed by atoms with E-state index in [0.29, 0.717) is 12.4 Å². The summed E-state index contributed by atoms with van der Waals surface area (Å²) in [5.41, 5.74) is 3.09. The molecule has 0 saturated heterocycles. The highest BCUT2D eigenvalue weighted by Crippen LogP contribution is 2.22. The molecule has 23 heavy (non-hydrogen) atoms. The van der Waals surface area contributed by atoms with Crippen molar-refractivity contribution in [2.45, 2.75) is 0 Å². The van der Waals surface area contributed by atoms with Crippen LogP contribution < -0.4 is 10.2 Å². The number of nitrogens with one attached hydrogen (secondary N) is 1. The Bertz CT molecular complexity index is 724. The lowest BCUT2D eigenvalue weighted by Gasteiger charge is -2.04. The fraction of sp³-hybridized carbons (Fsp3) is 0.0588. The fourth-order valence-corrected chi connectivity index (χ4v) is 1.74. The predicted molar refractivity (Wildman–Crippen MR) is 87.0 cm³/mol. The molecule has 0 saturated carbocycles. The Morgan fingerprint density at radius 1 is 1.22 bits per heavy atom. The summed E-state index contributed by atoms with van der Waals surface area (Å²) in [4.78, 5) is 11.8. The van der Waals surface area contributed by atoms with E-state index in [-0.39, 0.29) is 17.1 Å². The number of phenols is 2. The van der Waals surface area contributed by atoms with Gasteiger partial charge in [-0.15, -0.1) is 0 Å². The predicted octanol–water partition coefficient (Wildman–Crippen LogP) is 2.43. The third-order valence-electron chi connectivity index (χ3n) is 2.85. The number of aromatic hydroxyl groups is 2. The van der Waals surface area contributed by atoms with Crippen molar-refractivity contribution in [1.29, 1.82) is 0 Å². The Hall–Kier alpha value is -3.28. The minimum absolute atomic E-state index is 0.0214. The number of hydrogen-bond donors (Lipinski definition) is 3. The highest BCUT2D eigenvalue weighted by Gasteiger charge is 2.10. The summed E-state index contributed by atoms with van der Waals surface area (Å²) in [5.74, 6) is -0.312. The van der Waals surface area contributed by atoms with Crippen molar-refractivity contribution in [3.8, 4) is 17.2 Å². The molecule has 0 atom stereocenters. The standard InChI is InChI=1S/C17H16N2O4/c1-2-9-23-14-6-3-12(4-7-14)11-18-19-17(22)15-8-5-13(20)10-16(15)21/h2-8,10-11,20-21H,1,9H2,(H,19,22)/b18-11+. The summed E-state index contributed by atoms with van der Waals surface area (Å²) >= 11 is 0. The minimum atomic E-state index is -0.579. The maximum Gasteiger partial charge on any atom is 0.275 e. The number of hydrazone groups is 1. The quantitative estimate of drug-likeness (QED) is 0.434. The molecule has 6 nitrogen and oxygen atoms in total. The zero-order valence-corrected chi connectivity index (χ0v) is 12.3. The monoisotopic (exact) mass is 312 g/mol. The number of benzene rings is 2. The first-order chi connectivity index (χ1) is 11.1. The van der Waals surface area contributed by atoms with Crippen LogP contribution in [0.5, 0.6) is 17.2 Å². The van der Waals surface area contributed by atoms with Gasteiger partial charge in [-0.1, -0.05) is 12.7 Å². The fourth-order valence-electron chi connectivity index (χ4n) is 1.74. The van der Waals surface area contributed by atoms with Crippen molar-refractivity contribution in [3.05, 3.63) is 66.2 Å². The van der Waals surface area contributed by atoms with Crippen LogP contribution >= 0.6 is 0 Å². The van der Waals surface area contributed by atoms with Crippen LogP contribution in [0, 0.1) is 0 Å². The normalized spacial score (nSPS) is 10.4. The van der Waals surface area contributed by atoms with Crippen molar-refractivity contribution in [3.63, 3.8) is 0 Å². The van der Waals surface area contributed by atoms with Crippen LogP contribution in [0.4, 0.5) is 0 Å². The smallest absolute Gasteiger partial charge is 0.275 e. The number of amides is 1. The third-order valence-corrected chi connectivity index (χ3v) is 2.85. The van der Waals surface area contributed by atoms with Gasteiger partial charge in [-0.3, -0.25) is 4.79 Å². The Labute approximate surface area is 133 Å². The molecule has 1 amide bonds. The number of rotatable bonds is 6. The van der Waals surface area contributed by atoms with E-state index in [1.807, 2.05) is 0 Å². The van der Waals surface area contributed by atoms with Gasteiger partial charge in [-0.25, -0.2) is 5.43 Å². The highest BCUT2D eigenvalue weighted by atomic mass is 16.5. The Balaban J connectivity index is 1.95. The topological polar surface area (TPSA) is 91.2 Å². The number of carbonyl (C=O) groups excluding carboxylic acids is 1. The molecule has 3 N–H and O–H groups in total. The minimum Gasteiger partial charge on any atom is -0.508 e. The summed E-state index contributed by atoms with van der Waals surface area (Å²) in [6.07, 6.45) is 3.12. The molecule has 0 radical (unpaired) electrons. The zero-order chi connectivity index (χ0) is 16.7. The van der Waals surface area contributed by atoms with E-state index >= 15 is 0 Å². The lowest BCUT2D eigenvalue weighted by Crippen LogP contribution is -2.17. The Morgan fingerprint density at radius 3 is 2.61 bits per heavy atom. The molecule has 0 heterocycles. The average Bonchev–Trinajstić information content (AvgIpc) is 2.54. The molecule has 0 aliphatic heterocycles. The maximum atomic E-state index is 11.8. The van der Waals surface area contributed by atoms with Gasteiger partial charge in [0.2, 0.25) is 0 Å². The summed E-state index contributed by atoms with van der Waals surface area (Å²) in [6, 6.07) is 10.8. The number of phenolic OH excluding ortho intramolecular Hbond substituents is 2. The number of hydrogen-bond acceptors (Lipinski definition) is 5. The van der Waals surface area contributed by atoms with Crippen LogP contribution in [-0.4, -0.2) is 28.9 Å². The van der Waals surface area contributed by atoms with E-state index < -0.39 is 5.91 Å². The Kier molecular flexibility index (Phi) is 5.35. The second-order valence-corrected chi connectivity index (χ2v) is 4.57. The van der Waals surface area contributed by atoms with E-state index in [1.165, 1.54) is 18.3 Å². The van der Waals surface area contributed by atoms with Gasteiger partial charge in [0.15, 0.2) is 0 Å². The van der Waals surface area contributed by atoms with Gasteiger partial charge >= 0.3 is 0 Å². The SMILES string of the molecule is C=CCOc1ccc(/C=N/NC(=O)c2ccc(O)cc2O)cc1. The molecule has 0 aliphatic carbocycles. The van der Waals surface area contributed by atoms with Gasteiger partial charge in [0.25, 0.3) is 5.91 Å². The zero-order valence-electron chi connectivity index (χ0n) is 12.3. The van der Waals surface area contributed by atoms with E-state index in [1.54, 1.807) is 30.3 Å². The summed E-state index contributed by atoms with van der Waals surface area (Å²) < 4.78 is 5.35. The molecular formula is C17H16N2O4. The number of nitrogens with zero attached hydrogens (tertiary/aromatic N) is 1. The van der Waals surface area contributed by atoms with Crippen molar-refractivity contribution in [1.82, 2.24) is 5.43 Å². The molecule has 0 fully saturated rings. The summed E-state index contributed by atoms with van der Waals surface area (Å²) in [5, 5.41) is 22.6. The summed E-state index contributed by atoms with van der Waals surface area (Å²) in [7, 11) is 0. The third kappa shape index (κ3) is 4.60. The van der Waals surface area contributed by atoms with Crippen molar-refractivity contribution in [2.24, 2.45) is 5.10 Å². The first-order valence-corrected chi connectivity index (χ1v) is 6.79. The van der Waals surface area contributed by atoms with Gasteiger partial charge in [0.05, 0.1) is 11.8 Å². The first kappa shape index (κ1) is 16.1. The van der Waals surface area contributed by atoms with Crippen LogP contribution in [0.2, 0.25) is 0 Å². The van der Waals surface area contributed by atoms with Gasteiger partial charge in [0, 0.05) is 6.07 Å². The van der Waals surface area contributed by atoms with E-state index in [2.05, 4.69) is 17.1 Å². The second kappa shape index (κ2) is 7.65. The molecule has 2 aromatic carbocycles. The molecule has 0 spiro atoms. The van der Waals surface area contributed by atoms with E-state index in [0.717, 1.165) is 11.6 Å². The van der Waals surface area contributed by atoms with Crippen LogP contribution in [0.25, 0.3) is 0 Å². The molecule has 2 rings (SSSR count). The van der Waals surface area contributed by atoms with Crippen LogP contribution in [0.3, 0.4) is 0 Å². The molecule has 118 valence electrons. The number of carbonyl (C=O) groups is 1. The summed E-state index contributed by atoms with van der Waals surface area (Å²) in [6.45, 7) is 4.00. The van der Waals surface area contributed by atoms with Gasteiger partial charge in [0.1, 0.15) is 23.9 Å². The lowest BCUT2D eigenvalue weighted by molar-refractivity contribution is 0.0952. The van der Waals surface area contributed by atoms with Crippen molar-refractivity contribution in [2.75, 3.05) is 6.61 Å². The van der Waals surface area contributed by atoms with Crippen molar-refractivity contribution < 1.29 is 19.7 Å². The van der Waals surface area contributed by atoms with E-state index in [9.17, 15) is 15.0 Å². The first-order valence-electron chi connectivity index (χ1n) is 6.79. The van der Waals surface area contributed by atoms with Gasteiger partial charge in [-0.05, 0) is 42.0 Å². The number of ether oxygens (including phenoxy) is 1. The van der Waals surface area contributed by atoms with Crippen LogP contribution in [0.1, 0.15) is 15.9 Å². The Morgan fingerprint density at radius 2 is 1.96 bits per heavy atom. The van der Waals surface area contributed by atoms with Gasteiger partial charge in [-0.2, -0.15) is 5.10 Å². The molecule has 0 aliphatic rings. The lowest BCUT2D eigenvalue weighted by atomic mass is 10.2. The van der Waals surface area contributed by atoms with Crippen molar-refractivity contribution >= 4 is 12.1 Å². The molecule has 0 bridgehead atoms. The van der Waals surface area contributed by atoms with Crippen LogP contribution in [0.15, 0.2) is 60.2 Å². The van der Waals surface area contributed by atoms with Gasteiger partial charge < -0.3 is 14.9 Å². The molecule has 0 unspecified atom stereocenters. The average molecular weight is 312 g/mol. The maximum absolute atomic E-state index is 11.8. The molecular weight excluding hydrogens is 296 g/mol. The largest absolute Gasteiger partial charge is 0.508 e. The molecule has 6 heteroatoms. The van der Waals surface area contributed by atoms with Crippen LogP contribution in [-0.2, 0) is 0 Å². The molecule has 0 aromatic heterocycles. The van der Waals surface area contributed by atoms with E-state index in [4.69, 9.17) is 4.74 Å². The second-order valence-electron chi connectivity index (χ2n) is 4.57.